The topological polar surface area (TPSA) is 43.7 Å². The van der Waals surface area contributed by atoms with Gasteiger partial charge in [0.15, 0.2) is 11.5 Å². The molecule has 140 valence electrons. The minimum atomic E-state index is 0.139. The second-order valence-corrected chi connectivity index (χ2v) is 6.97. The van der Waals surface area contributed by atoms with Crippen molar-refractivity contribution in [2.24, 2.45) is 0 Å². The normalized spacial score (nSPS) is 13.5. The van der Waals surface area contributed by atoms with Crippen LogP contribution in [0.5, 0.6) is 11.5 Å². The van der Waals surface area contributed by atoms with Crippen molar-refractivity contribution < 1.29 is 14.3 Å². The Kier molecular flexibility index (Phi) is 4.52. The summed E-state index contributed by atoms with van der Waals surface area (Å²) in [5.74, 6) is 1.59. The third kappa shape index (κ3) is 3.14. The van der Waals surface area contributed by atoms with Crippen LogP contribution in [0.1, 0.15) is 16.8 Å². The van der Waals surface area contributed by atoms with Crippen molar-refractivity contribution in [3.63, 3.8) is 0 Å². The molecule has 1 aliphatic heterocycles. The van der Waals surface area contributed by atoms with Crippen molar-refractivity contribution in [3.8, 4) is 11.5 Å². The van der Waals surface area contributed by atoms with Gasteiger partial charge in [-0.1, -0.05) is 18.2 Å². The molecule has 0 radical (unpaired) electrons. The fourth-order valence-electron chi connectivity index (χ4n) is 3.89. The molecule has 0 N–H and O–H groups in total. The summed E-state index contributed by atoms with van der Waals surface area (Å²) in [6.45, 7) is 3.74. The predicted octanol–water partition coefficient (Wildman–Crippen LogP) is 3.55. The number of rotatable bonds is 4. The van der Waals surface area contributed by atoms with Crippen molar-refractivity contribution in [1.82, 2.24) is 9.47 Å². The van der Waals surface area contributed by atoms with Gasteiger partial charge in [0.05, 0.1) is 14.2 Å². The Hall–Kier alpha value is -2.95. The van der Waals surface area contributed by atoms with E-state index >= 15 is 0 Å². The average molecular weight is 364 g/mol. The van der Waals surface area contributed by atoms with Crippen LogP contribution >= 0.6 is 0 Å². The monoisotopic (exact) mass is 364 g/mol. The molecular formula is C22H24N2O3. The van der Waals surface area contributed by atoms with Crippen molar-refractivity contribution >= 4 is 16.8 Å². The number of carbonyl (C=O) groups excluding carboxylic acids is 1. The van der Waals surface area contributed by atoms with Crippen LogP contribution in [0, 0.1) is 6.92 Å². The van der Waals surface area contributed by atoms with Crippen molar-refractivity contribution in [2.45, 2.75) is 26.4 Å². The van der Waals surface area contributed by atoms with Gasteiger partial charge in [-0.2, -0.15) is 0 Å². The van der Waals surface area contributed by atoms with E-state index in [0.717, 1.165) is 35.5 Å². The van der Waals surface area contributed by atoms with Crippen LogP contribution in [0.2, 0.25) is 0 Å². The Bertz CT molecular complexity index is 1010. The highest BCUT2D eigenvalue weighted by atomic mass is 16.5. The number of ether oxygens (including phenoxy) is 2. The first kappa shape index (κ1) is 17.5. The molecule has 27 heavy (non-hydrogen) atoms. The number of para-hydroxylation sites is 1. The molecule has 3 aromatic rings. The van der Waals surface area contributed by atoms with Crippen LogP contribution in [0.3, 0.4) is 0 Å². The number of methoxy groups -OCH3 is 2. The average Bonchev–Trinajstić information content (AvgIpc) is 3.01. The molecule has 1 aliphatic rings. The van der Waals surface area contributed by atoms with Gasteiger partial charge >= 0.3 is 0 Å². The number of hydrogen-bond acceptors (Lipinski definition) is 3. The number of fused-ring (bicyclic) bond motifs is 2. The van der Waals surface area contributed by atoms with Gasteiger partial charge in [0.2, 0.25) is 5.91 Å². The highest BCUT2D eigenvalue weighted by Crippen LogP contribution is 2.33. The smallest absolute Gasteiger partial charge is 0.242 e. The quantitative estimate of drug-likeness (QED) is 0.711. The lowest BCUT2D eigenvalue weighted by atomic mass is 9.98. The van der Waals surface area contributed by atoms with Gasteiger partial charge in [-0.3, -0.25) is 4.79 Å². The van der Waals surface area contributed by atoms with Gasteiger partial charge in [-0.15, -0.1) is 0 Å². The third-order valence-electron chi connectivity index (χ3n) is 5.38. The van der Waals surface area contributed by atoms with E-state index in [1.807, 2.05) is 29.2 Å². The minimum absolute atomic E-state index is 0.139. The van der Waals surface area contributed by atoms with E-state index in [4.69, 9.17) is 9.47 Å². The lowest BCUT2D eigenvalue weighted by Crippen LogP contribution is -2.38. The van der Waals surface area contributed by atoms with Gasteiger partial charge in [-0.05, 0) is 54.1 Å². The lowest BCUT2D eigenvalue weighted by Gasteiger charge is -2.30. The molecule has 2 aromatic carbocycles. The van der Waals surface area contributed by atoms with Gasteiger partial charge in [-0.25, -0.2) is 0 Å². The summed E-state index contributed by atoms with van der Waals surface area (Å²) in [5, 5.41) is 1.17. The van der Waals surface area contributed by atoms with Gasteiger partial charge < -0.3 is 18.9 Å². The first-order valence-corrected chi connectivity index (χ1v) is 9.17. The largest absolute Gasteiger partial charge is 0.493 e. The molecule has 5 heteroatoms. The second kappa shape index (κ2) is 6.99. The number of hydrogen-bond donors (Lipinski definition) is 0. The summed E-state index contributed by atoms with van der Waals surface area (Å²) in [6, 6.07) is 14.3. The van der Waals surface area contributed by atoms with Crippen LogP contribution in [0.15, 0.2) is 42.5 Å². The van der Waals surface area contributed by atoms with E-state index < -0.39 is 0 Å². The third-order valence-corrected chi connectivity index (χ3v) is 5.38. The summed E-state index contributed by atoms with van der Waals surface area (Å²) in [7, 11) is 3.28. The van der Waals surface area contributed by atoms with Crippen LogP contribution in [0.25, 0.3) is 10.9 Å². The summed E-state index contributed by atoms with van der Waals surface area (Å²) in [6.07, 6.45) is 0.826. The van der Waals surface area contributed by atoms with Crippen LogP contribution < -0.4 is 9.47 Å². The van der Waals surface area contributed by atoms with Crippen molar-refractivity contribution in [2.75, 3.05) is 20.8 Å². The second-order valence-electron chi connectivity index (χ2n) is 6.97. The highest BCUT2D eigenvalue weighted by Gasteiger charge is 2.23. The van der Waals surface area contributed by atoms with E-state index in [9.17, 15) is 4.79 Å². The molecule has 0 saturated carbocycles. The molecule has 4 rings (SSSR count). The zero-order valence-electron chi connectivity index (χ0n) is 16.0. The fraction of sp³-hybridized carbons (Fsp3) is 0.318. The standard InChI is InChI=1S/C22H24N2O3/c1-15-10-17-6-4-5-7-19(17)24(15)14-22(25)23-9-8-16-11-20(26-2)21(27-3)12-18(16)13-23/h4-7,10-12H,8-9,13-14H2,1-3H3. The minimum Gasteiger partial charge on any atom is -0.493 e. The number of benzene rings is 2. The molecule has 0 aliphatic carbocycles. The number of nitrogens with zero attached hydrogens (tertiary/aromatic N) is 2. The molecule has 0 spiro atoms. The molecule has 1 amide bonds. The van der Waals surface area contributed by atoms with E-state index in [1.165, 1.54) is 10.9 Å². The van der Waals surface area contributed by atoms with E-state index in [1.54, 1.807) is 14.2 Å². The van der Waals surface area contributed by atoms with Crippen LogP contribution in [-0.4, -0.2) is 36.1 Å². The van der Waals surface area contributed by atoms with Gasteiger partial charge in [0.25, 0.3) is 0 Å². The lowest BCUT2D eigenvalue weighted by molar-refractivity contribution is -0.132. The van der Waals surface area contributed by atoms with Gasteiger partial charge in [0.1, 0.15) is 6.54 Å². The highest BCUT2D eigenvalue weighted by molar-refractivity contribution is 5.84. The Morgan fingerprint density at radius 1 is 1.04 bits per heavy atom. The molecule has 0 fully saturated rings. The van der Waals surface area contributed by atoms with Crippen LogP contribution in [-0.2, 0) is 24.3 Å². The maximum Gasteiger partial charge on any atom is 0.242 e. The number of aromatic nitrogens is 1. The molecule has 0 bridgehead atoms. The zero-order valence-corrected chi connectivity index (χ0v) is 16.0. The number of aryl methyl sites for hydroxylation is 1. The number of amides is 1. The predicted molar refractivity (Wildman–Crippen MR) is 105 cm³/mol. The summed E-state index contributed by atoms with van der Waals surface area (Å²) < 4.78 is 12.9. The number of carbonyl (C=O) groups is 1. The maximum absolute atomic E-state index is 13.0. The van der Waals surface area contributed by atoms with E-state index in [0.29, 0.717) is 18.8 Å². The summed E-state index contributed by atoms with van der Waals surface area (Å²) in [4.78, 5) is 14.9. The molecule has 0 saturated heterocycles. The molecule has 0 unspecified atom stereocenters. The molecule has 2 heterocycles. The molecule has 0 atom stereocenters. The van der Waals surface area contributed by atoms with Crippen molar-refractivity contribution in [3.05, 3.63) is 59.3 Å². The first-order valence-electron chi connectivity index (χ1n) is 9.17. The van der Waals surface area contributed by atoms with Gasteiger partial charge in [0, 0.05) is 24.3 Å². The maximum atomic E-state index is 13.0. The Morgan fingerprint density at radius 2 is 1.74 bits per heavy atom. The van der Waals surface area contributed by atoms with E-state index in [-0.39, 0.29) is 5.91 Å². The Labute approximate surface area is 159 Å². The molecular weight excluding hydrogens is 340 g/mol. The fourth-order valence-corrected chi connectivity index (χ4v) is 3.89. The Morgan fingerprint density at radius 3 is 2.48 bits per heavy atom. The Balaban J connectivity index is 1.56. The molecule has 1 aromatic heterocycles. The summed E-state index contributed by atoms with van der Waals surface area (Å²) in [5.41, 5.74) is 4.56. The van der Waals surface area contributed by atoms with Crippen molar-refractivity contribution in [1.29, 1.82) is 0 Å². The molecule has 5 nitrogen and oxygen atoms in total. The SMILES string of the molecule is COc1cc2c(cc1OC)CN(C(=O)Cn1c(C)cc3ccccc31)CC2. The van der Waals surface area contributed by atoms with Crippen LogP contribution in [0.4, 0.5) is 0 Å². The first-order chi connectivity index (χ1) is 13.1. The van der Waals surface area contributed by atoms with E-state index in [2.05, 4.69) is 29.7 Å². The summed E-state index contributed by atoms with van der Waals surface area (Å²) >= 11 is 0. The zero-order chi connectivity index (χ0) is 19.0.